The summed E-state index contributed by atoms with van der Waals surface area (Å²) < 4.78 is 5.45. The van der Waals surface area contributed by atoms with Crippen molar-refractivity contribution in [3.63, 3.8) is 0 Å². The number of hydrogen-bond donors (Lipinski definition) is 0. The van der Waals surface area contributed by atoms with E-state index in [0.29, 0.717) is 6.61 Å². The van der Waals surface area contributed by atoms with Gasteiger partial charge >= 0.3 is 5.97 Å². The van der Waals surface area contributed by atoms with Crippen molar-refractivity contribution in [2.45, 2.75) is 26.9 Å². The smallest absolute Gasteiger partial charge is 0.310 e. The van der Waals surface area contributed by atoms with E-state index >= 15 is 0 Å². The molecule has 2 atom stereocenters. The van der Waals surface area contributed by atoms with E-state index in [4.69, 9.17) is 4.74 Å². The molecular formula is C18H20O3S. The quantitative estimate of drug-likeness (QED) is 0.629. The van der Waals surface area contributed by atoms with Crippen LogP contribution in [0.5, 0.6) is 0 Å². The zero-order chi connectivity index (χ0) is 15.7. The first kappa shape index (κ1) is 15.3. The molecule has 1 aliphatic heterocycles. The normalized spacial score (nSPS) is 27.9. The molecule has 0 aromatic heterocycles. The summed E-state index contributed by atoms with van der Waals surface area (Å²) in [5, 5.41) is 0.166. The van der Waals surface area contributed by atoms with Gasteiger partial charge in [-0.2, -0.15) is 0 Å². The molecule has 1 saturated heterocycles. The second-order valence-corrected chi connectivity index (χ2v) is 7.56. The molecule has 0 radical (unpaired) electrons. The van der Waals surface area contributed by atoms with Crippen molar-refractivity contribution in [3.05, 3.63) is 47.5 Å². The molecule has 116 valence electrons. The number of esters is 1. The summed E-state index contributed by atoms with van der Waals surface area (Å²) >= 11 is 1.37. The number of benzene rings is 1. The van der Waals surface area contributed by atoms with Crippen molar-refractivity contribution >= 4 is 22.8 Å². The van der Waals surface area contributed by atoms with Crippen LogP contribution in [-0.4, -0.2) is 16.8 Å². The van der Waals surface area contributed by atoms with Crippen molar-refractivity contribution < 1.29 is 14.3 Å². The van der Waals surface area contributed by atoms with E-state index in [1.165, 1.54) is 11.8 Å². The lowest BCUT2D eigenvalue weighted by Crippen LogP contribution is -2.10. The summed E-state index contributed by atoms with van der Waals surface area (Å²) in [7, 11) is 0. The first-order chi connectivity index (χ1) is 10.5. The zero-order valence-corrected chi connectivity index (χ0v) is 13.7. The van der Waals surface area contributed by atoms with Gasteiger partial charge in [0.1, 0.15) is 6.61 Å². The highest BCUT2D eigenvalue weighted by atomic mass is 32.2. The lowest BCUT2D eigenvalue weighted by molar-refractivity contribution is -0.147. The maximum Gasteiger partial charge on any atom is 0.310 e. The predicted octanol–water partition coefficient (Wildman–Crippen LogP) is 3.59. The number of rotatable bonds is 4. The molecule has 1 aromatic rings. The van der Waals surface area contributed by atoms with Crippen LogP contribution in [0.3, 0.4) is 0 Å². The van der Waals surface area contributed by atoms with Crippen LogP contribution in [0.25, 0.3) is 0 Å². The van der Waals surface area contributed by atoms with Crippen LogP contribution in [0.2, 0.25) is 0 Å². The van der Waals surface area contributed by atoms with Crippen LogP contribution in [0.1, 0.15) is 25.8 Å². The minimum Gasteiger partial charge on any atom is -0.461 e. The van der Waals surface area contributed by atoms with Crippen LogP contribution in [0.15, 0.2) is 42.0 Å². The third kappa shape index (κ3) is 2.98. The number of carbonyl (C=O) groups is 2. The fourth-order valence-corrected chi connectivity index (χ4v) is 3.94. The van der Waals surface area contributed by atoms with Gasteiger partial charge in [-0.3, -0.25) is 9.59 Å². The molecule has 3 nitrogen and oxygen atoms in total. The van der Waals surface area contributed by atoms with E-state index in [0.717, 1.165) is 23.3 Å². The summed E-state index contributed by atoms with van der Waals surface area (Å²) in [5.41, 5.74) is 1.75. The van der Waals surface area contributed by atoms with E-state index in [1.54, 1.807) is 0 Å². The molecule has 1 heterocycles. The van der Waals surface area contributed by atoms with Crippen molar-refractivity contribution in [1.82, 2.24) is 0 Å². The topological polar surface area (TPSA) is 43.4 Å². The minimum absolute atomic E-state index is 0.117. The largest absolute Gasteiger partial charge is 0.461 e. The summed E-state index contributed by atoms with van der Waals surface area (Å²) in [6, 6.07) is 9.69. The highest BCUT2D eigenvalue weighted by Gasteiger charge is 2.61. The molecule has 4 heteroatoms. The molecule has 0 spiro atoms. The molecule has 1 aromatic carbocycles. The highest BCUT2D eigenvalue weighted by Crippen LogP contribution is 2.60. The Hall–Kier alpha value is -1.55. The van der Waals surface area contributed by atoms with Crippen molar-refractivity contribution in [1.29, 1.82) is 0 Å². The van der Waals surface area contributed by atoms with Crippen molar-refractivity contribution in [3.8, 4) is 0 Å². The molecule has 0 bridgehead atoms. The average molecular weight is 316 g/mol. The number of carbonyl (C=O) groups excluding carboxylic acids is 2. The monoisotopic (exact) mass is 316 g/mol. The van der Waals surface area contributed by atoms with Gasteiger partial charge < -0.3 is 4.74 Å². The van der Waals surface area contributed by atoms with Gasteiger partial charge in [0.25, 0.3) is 0 Å². The maximum atomic E-state index is 12.3. The molecule has 2 unspecified atom stereocenters. The summed E-state index contributed by atoms with van der Waals surface area (Å²) in [5.74, 6) is 0.685. The number of hydrogen-bond acceptors (Lipinski definition) is 4. The third-order valence-corrected chi connectivity index (χ3v) is 5.57. The number of thioether (sulfide) groups is 1. The fraction of sp³-hybridized carbons (Fsp3) is 0.444. The third-order valence-electron chi connectivity index (χ3n) is 4.64. The summed E-state index contributed by atoms with van der Waals surface area (Å²) in [4.78, 5) is 24.0. The van der Waals surface area contributed by atoms with Crippen molar-refractivity contribution in [2.75, 3.05) is 5.75 Å². The second-order valence-electron chi connectivity index (χ2n) is 6.50. The molecule has 0 N–H and O–H groups in total. The standard InChI is InChI=1S/C18H20O3S/c1-18(2)14(10-13-8-9-22-17(13)20)15(18)16(19)21-11-12-6-4-3-5-7-12/h3-7,10,14-15H,8-9,11H2,1-2H3/b13-10-. The Labute approximate surface area is 135 Å². The lowest BCUT2D eigenvalue weighted by Gasteiger charge is -2.05. The van der Waals surface area contributed by atoms with Gasteiger partial charge in [-0.15, -0.1) is 0 Å². The van der Waals surface area contributed by atoms with E-state index < -0.39 is 0 Å². The van der Waals surface area contributed by atoms with Crippen LogP contribution < -0.4 is 0 Å². The Bertz CT molecular complexity index is 618. The lowest BCUT2D eigenvalue weighted by atomic mass is 10.1. The van der Waals surface area contributed by atoms with Gasteiger partial charge in [-0.05, 0) is 23.3 Å². The maximum absolute atomic E-state index is 12.3. The fourth-order valence-electron chi connectivity index (χ4n) is 3.07. The van der Waals surface area contributed by atoms with Gasteiger partial charge in [-0.25, -0.2) is 0 Å². The predicted molar refractivity (Wildman–Crippen MR) is 87.2 cm³/mol. The summed E-state index contributed by atoms with van der Waals surface area (Å²) in [6.07, 6.45) is 2.83. The Morgan fingerprint density at radius 3 is 2.73 bits per heavy atom. The van der Waals surface area contributed by atoms with E-state index in [-0.39, 0.29) is 28.3 Å². The SMILES string of the molecule is CC1(C)C(/C=C2/CCSC2=O)C1C(=O)OCc1ccccc1. The van der Waals surface area contributed by atoms with Crippen LogP contribution in [0.4, 0.5) is 0 Å². The Kier molecular flexibility index (Phi) is 4.13. The average Bonchev–Trinajstić information content (AvgIpc) is 2.81. The molecule has 3 rings (SSSR count). The number of ether oxygens (including phenoxy) is 1. The van der Waals surface area contributed by atoms with E-state index in [9.17, 15) is 9.59 Å². The van der Waals surface area contributed by atoms with Gasteiger partial charge in [0.05, 0.1) is 5.92 Å². The Balaban J connectivity index is 1.62. The molecule has 22 heavy (non-hydrogen) atoms. The summed E-state index contributed by atoms with van der Waals surface area (Å²) in [6.45, 7) is 4.44. The first-order valence-corrected chi connectivity index (χ1v) is 8.57. The van der Waals surface area contributed by atoms with Crippen molar-refractivity contribution in [2.24, 2.45) is 17.3 Å². The van der Waals surface area contributed by atoms with Crippen LogP contribution >= 0.6 is 11.8 Å². The molecule has 1 aliphatic carbocycles. The minimum atomic E-state index is -0.159. The molecule has 0 amide bonds. The van der Waals surface area contributed by atoms with Gasteiger partial charge in [0, 0.05) is 11.3 Å². The second kappa shape index (κ2) is 5.92. The Morgan fingerprint density at radius 1 is 1.36 bits per heavy atom. The number of allylic oxidation sites excluding steroid dienone is 1. The highest BCUT2D eigenvalue weighted by molar-refractivity contribution is 8.14. The van der Waals surface area contributed by atoms with Gasteiger partial charge in [0.2, 0.25) is 5.12 Å². The molecule has 2 aliphatic rings. The molecule has 2 fully saturated rings. The van der Waals surface area contributed by atoms with Gasteiger partial charge in [0.15, 0.2) is 0 Å². The zero-order valence-electron chi connectivity index (χ0n) is 12.9. The molecule has 1 saturated carbocycles. The van der Waals surface area contributed by atoms with E-state index in [2.05, 4.69) is 13.8 Å². The Morgan fingerprint density at radius 2 is 2.09 bits per heavy atom. The molecular weight excluding hydrogens is 296 g/mol. The van der Waals surface area contributed by atoms with Crippen LogP contribution in [0, 0.1) is 17.3 Å². The van der Waals surface area contributed by atoms with Crippen LogP contribution in [-0.2, 0) is 20.9 Å². The first-order valence-electron chi connectivity index (χ1n) is 7.58. The van der Waals surface area contributed by atoms with E-state index in [1.807, 2.05) is 36.4 Å². The van der Waals surface area contributed by atoms with Gasteiger partial charge in [-0.1, -0.05) is 62.0 Å².